The maximum absolute atomic E-state index is 12.1. The molecule has 98 valence electrons. The maximum Gasteiger partial charge on any atom is 0.230 e. The van der Waals surface area contributed by atoms with Crippen LogP contribution in [0.25, 0.3) is 0 Å². The summed E-state index contributed by atoms with van der Waals surface area (Å²) in [7, 11) is -3.48. The quantitative estimate of drug-likeness (QED) is 0.789. The summed E-state index contributed by atoms with van der Waals surface area (Å²) in [5.41, 5.74) is 0. The minimum absolute atomic E-state index is 0.0913. The molecule has 1 aliphatic heterocycles. The van der Waals surface area contributed by atoms with Gasteiger partial charge in [0.15, 0.2) is 5.25 Å². The third kappa shape index (κ3) is 3.41. The van der Waals surface area contributed by atoms with Crippen LogP contribution in [0.15, 0.2) is 0 Å². The molecule has 0 aromatic rings. The Bertz CT molecular complexity index is 373. The molecular formula is C11H20N2O3S. The number of aliphatic hydroxyl groups excluding tert-OH is 1. The lowest BCUT2D eigenvalue weighted by molar-refractivity contribution is 0.202. The van der Waals surface area contributed by atoms with Crippen LogP contribution in [0.3, 0.4) is 0 Å². The van der Waals surface area contributed by atoms with Crippen LogP contribution in [-0.4, -0.2) is 42.8 Å². The molecule has 17 heavy (non-hydrogen) atoms. The van der Waals surface area contributed by atoms with Gasteiger partial charge in [0.05, 0.1) is 6.07 Å². The molecule has 2 atom stereocenters. The van der Waals surface area contributed by atoms with E-state index in [0.29, 0.717) is 25.9 Å². The number of sulfonamides is 1. The Hall–Kier alpha value is -0.640. The molecule has 2 unspecified atom stereocenters. The normalized spacial score (nSPS) is 24.2. The van der Waals surface area contributed by atoms with Gasteiger partial charge in [0, 0.05) is 19.7 Å². The lowest BCUT2D eigenvalue weighted by Crippen LogP contribution is -2.44. The summed E-state index contributed by atoms with van der Waals surface area (Å²) in [6.07, 6.45) is 2.72. The zero-order chi connectivity index (χ0) is 12.9. The second-order valence-electron chi connectivity index (χ2n) is 4.45. The number of piperidine rings is 1. The largest absolute Gasteiger partial charge is 0.396 e. The van der Waals surface area contributed by atoms with Crippen molar-refractivity contribution in [3.63, 3.8) is 0 Å². The van der Waals surface area contributed by atoms with E-state index in [-0.39, 0.29) is 12.5 Å². The van der Waals surface area contributed by atoms with E-state index in [1.807, 2.05) is 6.07 Å². The molecule has 0 radical (unpaired) electrons. The Balaban J connectivity index is 2.75. The molecule has 0 aromatic heterocycles. The Kier molecular flexibility index (Phi) is 5.37. The fourth-order valence-corrected chi connectivity index (χ4v) is 3.94. The highest BCUT2D eigenvalue weighted by Crippen LogP contribution is 2.24. The van der Waals surface area contributed by atoms with Gasteiger partial charge in [-0.1, -0.05) is 6.92 Å². The summed E-state index contributed by atoms with van der Waals surface area (Å²) in [6, 6.07) is 1.86. The van der Waals surface area contributed by atoms with Crippen molar-refractivity contribution in [2.24, 2.45) is 5.92 Å². The second kappa shape index (κ2) is 6.34. The summed E-state index contributed by atoms with van der Waals surface area (Å²) >= 11 is 0. The van der Waals surface area contributed by atoms with E-state index in [4.69, 9.17) is 10.4 Å². The van der Waals surface area contributed by atoms with Crippen LogP contribution in [0.5, 0.6) is 0 Å². The number of aliphatic hydroxyl groups is 1. The minimum atomic E-state index is -3.48. The van der Waals surface area contributed by atoms with Gasteiger partial charge in [-0.2, -0.15) is 5.26 Å². The van der Waals surface area contributed by atoms with Crippen molar-refractivity contribution in [2.75, 3.05) is 19.7 Å². The smallest absolute Gasteiger partial charge is 0.230 e. The van der Waals surface area contributed by atoms with Crippen molar-refractivity contribution >= 4 is 10.0 Å². The van der Waals surface area contributed by atoms with Crippen LogP contribution in [0.2, 0.25) is 0 Å². The standard InChI is InChI=1S/C11H20N2O3S/c1-2-11(8-12)17(15,16)13-6-3-4-10(9-13)5-7-14/h10-11,14H,2-7,9H2,1H3. The molecule has 1 heterocycles. The number of nitriles is 1. The molecule has 6 heteroatoms. The third-order valence-electron chi connectivity index (χ3n) is 3.25. The Morgan fingerprint density at radius 1 is 1.59 bits per heavy atom. The van der Waals surface area contributed by atoms with Gasteiger partial charge in [0.25, 0.3) is 0 Å². The predicted molar refractivity (Wildman–Crippen MR) is 64.6 cm³/mol. The van der Waals surface area contributed by atoms with E-state index in [0.717, 1.165) is 12.8 Å². The Morgan fingerprint density at radius 2 is 2.29 bits per heavy atom. The minimum Gasteiger partial charge on any atom is -0.396 e. The Labute approximate surface area is 103 Å². The molecule has 1 N–H and O–H groups in total. The molecule has 1 aliphatic rings. The van der Waals surface area contributed by atoms with Gasteiger partial charge in [-0.3, -0.25) is 0 Å². The Morgan fingerprint density at radius 3 is 2.82 bits per heavy atom. The van der Waals surface area contributed by atoms with E-state index >= 15 is 0 Å². The summed E-state index contributed by atoms with van der Waals surface area (Å²) < 4.78 is 25.7. The predicted octanol–water partition coefficient (Wildman–Crippen LogP) is 0.713. The monoisotopic (exact) mass is 260 g/mol. The number of nitrogens with zero attached hydrogens (tertiary/aromatic N) is 2. The molecule has 0 spiro atoms. The average molecular weight is 260 g/mol. The summed E-state index contributed by atoms with van der Waals surface area (Å²) in [5, 5.41) is 16.8. The van der Waals surface area contributed by atoms with Gasteiger partial charge < -0.3 is 5.11 Å². The number of rotatable bonds is 5. The number of hydrogen-bond donors (Lipinski definition) is 1. The fraction of sp³-hybridized carbons (Fsp3) is 0.909. The fourth-order valence-electron chi connectivity index (χ4n) is 2.22. The van der Waals surface area contributed by atoms with E-state index in [1.54, 1.807) is 6.92 Å². The average Bonchev–Trinajstić information content (AvgIpc) is 2.31. The van der Waals surface area contributed by atoms with Gasteiger partial charge in [-0.15, -0.1) is 0 Å². The van der Waals surface area contributed by atoms with Gasteiger partial charge in [-0.25, -0.2) is 12.7 Å². The zero-order valence-electron chi connectivity index (χ0n) is 10.2. The molecule has 1 saturated heterocycles. The highest BCUT2D eigenvalue weighted by molar-refractivity contribution is 7.90. The highest BCUT2D eigenvalue weighted by Gasteiger charge is 2.34. The van der Waals surface area contributed by atoms with E-state index in [9.17, 15) is 8.42 Å². The van der Waals surface area contributed by atoms with Crippen LogP contribution >= 0.6 is 0 Å². The summed E-state index contributed by atoms with van der Waals surface area (Å²) in [4.78, 5) is 0. The van der Waals surface area contributed by atoms with Gasteiger partial charge >= 0.3 is 0 Å². The molecule has 0 bridgehead atoms. The lowest BCUT2D eigenvalue weighted by atomic mass is 9.97. The van der Waals surface area contributed by atoms with Crippen molar-refractivity contribution in [3.8, 4) is 6.07 Å². The number of hydrogen-bond acceptors (Lipinski definition) is 4. The van der Waals surface area contributed by atoms with Gasteiger partial charge in [-0.05, 0) is 31.6 Å². The van der Waals surface area contributed by atoms with Crippen molar-refractivity contribution in [3.05, 3.63) is 0 Å². The maximum atomic E-state index is 12.1. The van der Waals surface area contributed by atoms with Crippen molar-refractivity contribution in [2.45, 2.75) is 37.9 Å². The molecule has 1 rings (SSSR count). The van der Waals surface area contributed by atoms with Crippen molar-refractivity contribution in [1.29, 1.82) is 5.26 Å². The molecule has 0 saturated carbocycles. The topological polar surface area (TPSA) is 81.4 Å². The zero-order valence-corrected chi connectivity index (χ0v) is 11.0. The van der Waals surface area contributed by atoms with Crippen LogP contribution in [0.1, 0.15) is 32.6 Å². The third-order valence-corrected chi connectivity index (χ3v) is 5.46. The molecule has 1 fully saturated rings. The van der Waals surface area contributed by atoms with Crippen LogP contribution in [0, 0.1) is 17.2 Å². The highest BCUT2D eigenvalue weighted by atomic mass is 32.2. The first kappa shape index (κ1) is 14.4. The van der Waals surface area contributed by atoms with E-state index in [2.05, 4.69) is 0 Å². The first-order valence-corrected chi connectivity index (χ1v) is 7.56. The molecular weight excluding hydrogens is 240 g/mol. The molecule has 0 aromatic carbocycles. The van der Waals surface area contributed by atoms with Gasteiger partial charge in [0.1, 0.15) is 0 Å². The SMILES string of the molecule is CCC(C#N)S(=O)(=O)N1CCCC(CCO)C1. The van der Waals surface area contributed by atoms with Crippen molar-refractivity contribution < 1.29 is 13.5 Å². The van der Waals surface area contributed by atoms with Gasteiger partial charge in [0.2, 0.25) is 10.0 Å². The summed E-state index contributed by atoms with van der Waals surface area (Å²) in [5.74, 6) is 0.222. The first-order valence-electron chi connectivity index (χ1n) is 6.05. The second-order valence-corrected chi connectivity index (χ2v) is 6.56. The molecule has 0 aliphatic carbocycles. The lowest BCUT2D eigenvalue weighted by Gasteiger charge is -2.32. The molecule has 0 amide bonds. The van der Waals surface area contributed by atoms with Crippen LogP contribution in [-0.2, 0) is 10.0 Å². The van der Waals surface area contributed by atoms with Crippen molar-refractivity contribution in [1.82, 2.24) is 4.31 Å². The van der Waals surface area contributed by atoms with E-state index in [1.165, 1.54) is 4.31 Å². The molecule has 5 nitrogen and oxygen atoms in total. The summed E-state index contributed by atoms with van der Waals surface area (Å²) in [6.45, 7) is 2.75. The van der Waals surface area contributed by atoms with Crippen LogP contribution in [0.4, 0.5) is 0 Å². The van der Waals surface area contributed by atoms with E-state index < -0.39 is 15.3 Å². The van der Waals surface area contributed by atoms with Crippen LogP contribution < -0.4 is 0 Å². The first-order chi connectivity index (χ1) is 8.06.